The summed E-state index contributed by atoms with van der Waals surface area (Å²) in [6.45, 7) is 0.700. The smallest absolute Gasteiger partial charge is 0.404 e. The maximum atomic E-state index is 14.1. The van der Waals surface area contributed by atoms with E-state index in [4.69, 9.17) is 11.6 Å². The van der Waals surface area contributed by atoms with Crippen molar-refractivity contribution < 1.29 is 22.3 Å². The monoisotopic (exact) mass is 440 g/mol. The van der Waals surface area contributed by atoms with E-state index in [0.29, 0.717) is 12.2 Å². The summed E-state index contributed by atoms with van der Waals surface area (Å²) < 4.78 is 55.0. The Morgan fingerprint density at radius 1 is 1.07 bits per heavy atom. The molecular weight excluding hydrogens is 428 g/mol. The highest BCUT2D eigenvalue weighted by molar-refractivity contribution is 6.32. The van der Waals surface area contributed by atoms with Gasteiger partial charge in [0.15, 0.2) is 11.6 Å². The van der Waals surface area contributed by atoms with Crippen molar-refractivity contribution in [1.82, 2.24) is 15.4 Å². The Morgan fingerprint density at radius 2 is 1.83 bits per heavy atom. The second-order valence-electron chi connectivity index (χ2n) is 6.18. The molecule has 0 aliphatic carbocycles. The summed E-state index contributed by atoms with van der Waals surface area (Å²) in [5.74, 6) is -1.39. The van der Waals surface area contributed by atoms with Crippen LogP contribution in [0.4, 0.5) is 46.4 Å². The number of hydrazine groups is 1. The molecule has 0 radical (unpaired) electrons. The lowest BCUT2D eigenvalue weighted by Crippen LogP contribution is -2.17. The van der Waals surface area contributed by atoms with Crippen LogP contribution in [0.1, 0.15) is 5.56 Å². The highest BCUT2D eigenvalue weighted by Gasteiger charge is 2.32. The predicted octanol–water partition coefficient (Wildman–Crippen LogP) is 5.09. The number of benzene rings is 2. The fourth-order valence-electron chi connectivity index (χ4n) is 2.73. The number of halogens is 5. The quantitative estimate of drug-likeness (QED) is 0.411. The van der Waals surface area contributed by atoms with E-state index in [-0.39, 0.29) is 22.5 Å². The van der Waals surface area contributed by atoms with E-state index in [1.807, 2.05) is 18.2 Å². The third-order valence-corrected chi connectivity index (χ3v) is 4.33. The molecule has 0 unspecified atom stereocenters. The zero-order chi connectivity index (χ0) is 21.3. The molecule has 3 aromatic rings. The Labute approximate surface area is 172 Å². The number of anilines is 5. The first kappa shape index (κ1) is 20.0. The molecule has 0 atom stereocenters. The number of ether oxygens (including phenoxy) is 1. The lowest BCUT2D eigenvalue weighted by atomic mass is 10.2. The Kier molecular flexibility index (Phi) is 5.22. The summed E-state index contributed by atoms with van der Waals surface area (Å²) in [4.78, 5) is 7.97. The van der Waals surface area contributed by atoms with E-state index >= 15 is 0 Å². The van der Waals surface area contributed by atoms with Gasteiger partial charge in [-0.2, -0.15) is 4.98 Å². The van der Waals surface area contributed by atoms with E-state index in [2.05, 4.69) is 36.2 Å². The molecule has 4 rings (SSSR count). The van der Waals surface area contributed by atoms with E-state index in [1.54, 1.807) is 0 Å². The average Bonchev–Trinajstić information content (AvgIpc) is 3.13. The van der Waals surface area contributed by atoms with Gasteiger partial charge in [-0.25, -0.2) is 14.8 Å². The molecule has 4 N–H and O–H groups in total. The van der Waals surface area contributed by atoms with Crippen LogP contribution in [0.15, 0.2) is 42.6 Å². The molecular formula is C18H13ClF4N6O. The maximum Gasteiger partial charge on any atom is 0.573 e. The largest absolute Gasteiger partial charge is 0.573 e. The normalized spacial score (nSPS) is 12.8. The molecule has 156 valence electrons. The van der Waals surface area contributed by atoms with Crippen molar-refractivity contribution >= 4 is 40.4 Å². The Morgan fingerprint density at radius 3 is 2.60 bits per heavy atom. The van der Waals surface area contributed by atoms with E-state index < -0.39 is 17.9 Å². The third-order valence-electron chi connectivity index (χ3n) is 4.03. The van der Waals surface area contributed by atoms with Gasteiger partial charge in [-0.3, -0.25) is 0 Å². The summed E-state index contributed by atoms with van der Waals surface area (Å²) in [6.07, 6.45) is -3.91. The van der Waals surface area contributed by atoms with Gasteiger partial charge in [0.2, 0.25) is 5.95 Å². The lowest BCUT2D eigenvalue weighted by molar-refractivity contribution is -0.274. The molecule has 0 fully saturated rings. The topological polar surface area (TPSA) is 83.1 Å². The third kappa shape index (κ3) is 4.63. The number of alkyl halides is 3. The first-order valence-corrected chi connectivity index (χ1v) is 8.88. The highest BCUT2D eigenvalue weighted by atomic mass is 35.5. The van der Waals surface area contributed by atoms with Crippen molar-refractivity contribution in [3.05, 3.63) is 59.0 Å². The van der Waals surface area contributed by atoms with Crippen LogP contribution in [0.3, 0.4) is 0 Å². The van der Waals surface area contributed by atoms with Crippen molar-refractivity contribution in [2.75, 3.05) is 16.1 Å². The van der Waals surface area contributed by atoms with Gasteiger partial charge in [-0.1, -0.05) is 17.7 Å². The van der Waals surface area contributed by atoms with Crippen molar-refractivity contribution in [3.63, 3.8) is 0 Å². The molecule has 1 aromatic heterocycles. The Balaban J connectivity index is 1.52. The summed E-state index contributed by atoms with van der Waals surface area (Å²) in [7, 11) is 0. The molecule has 2 heterocycles. The fourth-order valence-corrected chi connectivity index (χ4v) is 2.95. The van der Waals surface area contributed by atoms with Crippen LogP contribution in [-0.4, -0.2) is 16.3 Å². The minimum Gasteiger partial charge on any atom is -0.404 e. The molecule has 1 aliphatic heterocycles. The molecule has 12 heteroatoms. The Bertz CT molecular complexity index is 1090. The number of fused-ring (bicyclic) bond motifs is 1. The average molecular weight is 441 g/mol. The van der Waals surface area contributed by atoms with Crippen LogP contribution >= 0.6 is 11.6 Å². The fraction of sp³-hybridized carbons (Fsp3) is 0.111. The highest BCUT2D eigenvalue weighted by Crippen LogP contribution is 2.33. The van der Waals surface area contributed by atoms with Crippen LogP contribution in [0, 0.1) is 5.82 Å². The van der Waals surface area contributed by atoms with E-state index in [1.165, 1.54) is 6.07 Å². The second kappa shape index (κ2) is 7.84. The summed E-state index contributed by atoms with van der Waals surface area (Å²) in [6, 6.07) is 9.01. The van der Waals surface area contributed by atoms with Crippen molar-refractivity contribution in [2.45, 2.75) is 12.9 Å². The molecule has 1 aliphatic rings. The van der Waals surface area contributed by atoms with Crippen LogP contribution in [0.2, 0.25) is 5.02 Å². The number of hydrogen-bond acceptors (Lipinski definition) is 7. The van der Waals surface area contributed by atoms with Crippen molar-refractivity contribution in [2.24, 2.45) is 0 Å². The van der Waals surface area contributed by atoms with Gasteiger partial charge in [0.1, 0.15) is 5.75 Å². The van der Waals surface area contributed by atoms with Gasteiger partial charge < -0.3 is 20.8 Å². The molecule has 0 amide bonds. The van der Waals surface area contributed by atoms with Crippen molar-refractivity contribution in [1.29, 1.82) is 0 Å². The predicted molar refractivity (Wildman–Crippen MR) is 104 cm³/mol. The minimum atomic E-state index is -4.87. The standard InChI is InChI=1S/C18H13ClF4N6O/c19-12-5-10(3-4-15(12)30-18(21,22)23)26-16-13(20)8-24-17(28-16)27-11-2-1-9-7-25-29-14(9)6-11/h1-6,8,25,29H,7H2,(H2,24,26,27,28). The lowest BCUT2D eigenvalue weighted by Gasteiger charge is -2.13. The number of aromatic nitrogens is 2. The van der Waals surface area contributed by atoms with Crippen molar-refractivity contribution in [3.8, 4) is 5.75 Å². The molecule has 2 aromatic carbocycles. The van der Waals surface area contributed by atoms with Crippen LogP contribution < -0.4 is 26.2 Å². The number of hydrogen-bond donors (Lipinski definition) is 4. The molecule has 30 heavy (non-hydrogen) atoms. The Hall–Kier alpha value is -3.31. The van der Waals surface area contributed by atoms with E-state index in [0.717, 1.165) is 29.6 Å². The van der Waals surface area contributed by atoms with Gasteiger partial charge in [-0.05, 0) is 35.9 Å². The number of nitrogens with zero attached hydrogens (tertiary/aromatic N) is 2. The minimum absolute atomic E-state index is 0.118. The van der Waals surface area contributed by atoms with E-state index in [9.17, 15) is 17.6 Å². The van der Waals surface area contributed by atoms with Crippen LogP contribution in [0.25, 0.3) is 0 Å². The molecule has 0 saturated carbocycles. The van der Waals surface area contributed by atoms with Gasteiger partial charge in [0.25, 0.3) is 0 Å². The van der Waals surface area contributed by atoms with Gasteiger partial charge in [-0.15, -0.1) is 13.2 Å². The van der Waals surface area contributed by atoms with Gasteiger partial charge in [0.05, 0.1) is 16.9 Å². The SMILES string of the molecule is Fc1cnc(Nc2ccc3c(c2)NNC3)nc1Nc1ccc(OC(F)(F)F)c(Cl)c1. The van der Waals surface area contributed by atoms with Gasteiger partial charge in [0, 0.05) is 17.9 Å². The zero-order valence-electron chi connectivity index (χ0n) is 14.9. The number of rotatable bonds is 5. The summed E-state index contributed by atoms with van der Waals surface area (Å²) in [5, 5.41) is 5.33. The van der Waals surface area contributed by atoms with Crippen LogP contribution in [-0.2, 0) is 6.54 Å². The zero-order valence-corrected chi connectivity index (χ0v) is 15.7. The van der Waals surface area contributed by atoms with Crippen LogP contribution in [0.5, 0.6) is 5.75 Å². The molecule has 7 nitrogen and oxygen atoms in total. The maximum absolute atomic E-state index is 14.1. The summed E-state index contributed by atoms with van der Waals surface area (Å²) in [5.41, 5.74) is 8.89. The van der Waals surface area contributed by atoms with Gasteiger partial charge >= 0.3 is 6.36 Å². The second-order valence-corrected chi connectivity index (χ2v) is 6.59. The first-order valence-electron chi connectivity index (χ1n) is 8.50. The number of nitrogens with one attached hydrogen (secondary N) is 4. The molecule has 0 saturated heterocycles. The first-order chi connectivity index (χ1) is 14.3. The summed E-state index contributed by atoms with van der Waals surface area (Å²) >= 11 is 5.81. The molecule has 0 bridgehead atoms. The molecule has 0 spiro atoms.